The minimum atomic E-state index is -0.637. The average molecular weight is 891 g/mol. The summed E-state index contributed by atoms with van der Waals surface area (Å²) >= 11 is 0. The van der Waals surface area contributed by atoms with Crippen molar-refractivity contribution in [3.8, 4) is 0 Å². The summed E-state index contributed by atoms with van der Waals surface area (Å²) in [5.41, 5.74) is -1.95. The maximum atomic E-state index is 13.1. The second kappa shape index (κ2) is 31.4. The number of ether oxygens (including phenoxy) is 2. The van der Waals surface area contributed by atoms with Crippen molar-refractivity contribution in [3.63, 3.8) is 0 Å². The molecule has 1 aliphatic heterocycles. The van der Waals surface area contributed by atoms with Gasteiger partial charge in [-0.25, -0.2) is 0 Å². The number of carbonyl (C=O) groups is 5. The number of likely N-dealkylation sites (tertiary alicyclic amines) is 1. The highest BCUT2D eigenvalue weighted by Gasteiger charge is 2.40. The molecule has 1 heterocycles. The Bertz CT molecular complexity index is 1310. The lowest BCUT2D eigenvalue weighted by Crippen LogP contribution is -2.45. The van der Waals surface area contributed by atoms with Crippen LogP contribution in [0.3, 0.4) is 0 Å². The van der Waals surface area contributed by atoms with Gasteiger partial charge in [-0.05, 0) is 79.6 Å². The molecule has 11 heteroatoms. The SMILES string of the molecule is CCCCCCCCCCCCCCCCCCCCC(=O)NC(C)(C)CCOC(C)(C)CCNC(=O)C(C)(C)CCOC(C)(C)CCNC(=O)CCN1C(=O)CC(C(C)C)C1=O. The highest BCUT2D eigenvalue weighted by molar-refractivity contribution is 6.03. The van der Waals surface area contributed by atoms with Gasteiger partial charge in [0.2, 0.25) is 29.5 Å². The van der Waals surface area contributed by atoms with E-state index in [4.69, 9.17) is 9.47 Å². The van der Waals surface area contributed by atoms with Gasteiger partial charge in [-0.15, -0.1) is 0 Å². The number of hydrogen-bond donors (Lipinski definition) is 3. The molecule has 1 unspecified atom stereocenters. The average Bonchev–Trinajstić information content (AvgIpc) is 3.47. The Morgan fingerprint density at radius 2 is 1.05 bits per heavy atom. The third kappa shape index (κ3) is 28.2. The van der Waals surface area contributed by atoms with Crippen molar-refractivity contribution < 1.29 is 33.4 Å². The normalized spacial score (nSPS) is 15.1. The molecule has 1 atom stereocenters. The fourth-order valence-corrected chi connectivity index (χ4v) is 8.10. The molecule has 0 aromatic carbocycles. The van der Waals surface area contributed by atoms with E-state index in [0.717, 1.165) is 12.8 Å². The Kier molecular flexibility index (Phi) is 29.1. The van der Waals surface area contributed by atoms with Crippen LogP contribution in [-0.2, 0) is 33.4 Å². The summed E-state index contributed by atoms with van der Waals surface area (Å²) in [6.45, 7) is 23.9. The molecular formula is C52H98N4O7. The molecule has 1 fully saturated rings. The molecule has 0 aliphatic carbocycles. The van der Waals surface area contributed by atoms with Crippen LogP contribution in [0.1, 0.15) is 237 Å². The third-order valence-corrected chi connectivity index (χ3v) is 13.0. The maximum absolute atomic E-state index is 13.1. The van der Waals surface area contributed by atoms with Crippen molar-refractivity contribution in [3.05, 3.63) is 0 Å². The molecule has 0 aromatic heterocycles. The van der Waals surface area contributed by atoms with E-state index in [2.05, 4.69) is 36.7 Å². The van der Waals surface area contributed by atoms with E-state index in [0.29, 0.717) is 58.4 Å². The zero-order chi connectivity index (χ0) is 47.4. The quantitative estimate of drug-likeness (QED) is 0.0412. The van der Waals surface area contributed by atoms with Crippen LogP contribution in [0.15, 0.2) is 0 Å². The van der Waals surface area contributed by atoms with Crippen molar-refractivity contribution in [1.82, 2.24) is 20.9 Å². The van der Waals surface area contributed by atoms with Gasteiger partial charge >= 0.3 is 0 Å². The summed E-state index contributed by atoms with van der Waals surface area (Å²) < 4.78 is 12.4. The number of imide groups is 1. The van der Waals surface area contributed by atoms with E-state index >= 15 is 0 Å². The minimum Gasteiger partial charge on any atom is -0.375 e. The number of hydrogen-bond acceptors (Lipinski definition) is 7. The van der Waals surface area contributed by atoms with Crippen molar-refractivity contribution in [2.24, 2.45) is 17.3 Å². The van der Waals surface area contributed by atoms with Gasteiger partial charge in [-0.3, -0.25) is 28.9 Å². The first-order valence-corrected chi connectivity index (χ1v) is 25.6. The Morgan fingerprint density at radius 3 is 1.51 bits per heavy atom. The standard InChI is InChI=1S/C52H98N4O7/c1-12-13-14-15-16-17-18-19-20-21-22-23-24-25-26-27-28-29-30-45(58)55-50(6,7)35-40-63-52(10,11)33-37-54-48(61)49(4,5)34-39-62-51(8,9)32-36-53-44(57)31-38-56-46(59)41-43(42(2)3)47(56)60/h42-43H,12-41H2,1-11H3,(H,53,57)(H,54,61)(H,55,58). The van der Waals surface area contributed by atoms with Gasteiger partial charge in [-0.2, -0.15) is 0 Å². The molecule has 5 amide bonds. The third-order valence-electron chi connectivity index (χ3n) is 13.0. The van der Waals surface area contributed by atoms with Crippen LogP contribution >= 0.6 is 0 Å². The highest BCUT2D eigenvalue weighted by atomic mass is 16.5. The number of carbonyl (C=O) groups excluding carboxylic acids is 5. The number of unbranched alkanes of at least 4 members (excludes halogenated alkanes) is 17. The fourth-order valence-electron chi connectivity index (χ4n) is 8.10. The molecule has 1 aliphatic rings. The Balaban J connectivity index is 2.15. The smallest absolute Gasteiger partial charge is 0.233 e. The minimum absolute atomic E-state index is 0.0414. The van der Waals surface area contributed by atoms with Crippen LogP contribution in [0.5, 0.6) is 0 Å². The Labute approximate surface area is 386 Å². The molecule has 0 spiro atoms. The van der Waals surface area contributed by atoms with Gasteiger partial charge in [0.25, 0.3) is 0 Å². The van der Waals surface area contributed by atoms with Gasteiger partial charge in [0.05, 0.1) is 11.2 Å². The molecule has 3 N–H and O–H groups in total. The van der Waals surface area contributed by atoms with Gasteiger partial charge in [0.15, 0.2) is 0 Å². The molecule has 0 saturated carbocycles. The first-order chi connectivity index (χ1) is 29.6. The van der Waals surface area contributed by atoms with E-state index in [9.17, 15) is 24.0 Å². The Morgan fingerprint density at radius 1 is 0.603 bits per heavy atom. The van der Waals surface area contributed by atoms with Gasteiger partial charge in [0, 0.05) is 69.0 Å². The molecular weight excluding hydrogens is 793 g/mol. The lowest BCUT2D eigenvalue weighted by Gasteiger charge is -2.31. The van der Waals surface area contributed by atoms with Crippen LogP contribution in [0, 0.1) is 17.3 Å². The van der Waals surface area contributed by atoms with Crippen molar-refractivity contribution in [2.45, 2.75) is 253 Å². The monoisotopic (exact) mass is 891 g/mol. The van der Waals surface area contributed by atoms with Crippen molar-refractivity contribution >= 4 is 29.5 Å². The van der Waals surface area contributed by atoms with Gasteiger partial charge < -0.3 is 25.4 Å². The van der Waals surface area contributed by atoms with Crippen LogP contribution < -0.4 is 16.0 Å². The van der Waals surface area contributed by atoms with Crippen LogP contribution in [0.4, 0.5) is 0 Å². The van der Waals surface area contributed by atoms with E-state index in [1.54, 1.807) is 0 Å². The molecule has 368 valence electrons. The van der Waals surface area contributed by atoms with Crippen LogP contribution in [0.25, 0.3) is 0 Å². The second-order valence-corrected chi connectivity index (χ2v) is 21.6. The number of nitrogens with zero attached hydrogens (tertiary/aromatic N) is 1. The number of amides is 5. The lowest BCUT2D eigenvalue weighted by atomic mass is 9.88. The van der Waals surface area contributed by atoms with Gasteiger partial charge in [-0.1, -0.05) is 144 Å². The summed E-state index contributed by atoms with van der Waals surface area (Å²) in [5.74, 6) is -0.722. The topological polar surface area (TPSA) is 143 Å². The molecule has 0 aromatic rings. The Hall–Kier alpha value is -2.53. The maximum Gasteiger partial charge on any atom is 0.233 e. The summed E-state index contributed by atoms with van der Waals surface area (Å²) in [6.07, 6.45) is 27.4. The van der Waals surface area contributed by atoms with Crippen molar-refractivity contribution in [1.29, 1.82) is 0 Å². The molecule has 1 rings (SSSR count). The van der Waals surface area contributed by atoms with Gasteiger partial charge in [0.1, 0.15) is 0 Å². The molecule has 63 heavy (non-hydrogen) atoms. The second-order valence-electron chi connectivity index (χ2n) is 21.6. The van der Waals surface area contributed by atoms with Crippen LogP contribution in [-0.4, -0.2) is 84.0 Å². The number of rotatable bonds is 39. The molecule has 0 radical (unpaired) electrons. The summed E-state index contributed by atoms with van der Waals surface area (Å²) in [4.78, 5) is 64.3. The van der Waals surface area contributed by atoms with E-state index < -0.39 is 16.6 Å². The number of nitrogens with one attached hydrogen (secondary N) is 3. The molecule has 11 nitrogen and oxygen atoms in total. The predicted octanol–water partition coefficient (Wildman–Crippen LogP) is 11.1. The summed E-state index contributed by atoms with van der Waals surface area (Å²) in [5, 5.41) is 9.17. The molecule has 1 saturated heterocycles. The van der Waals surface area contributed by atoms with E-state index in [-0.39, 0.29) is 66.3 Å². The van der Waals surface area contributed by atoms with E-state index in [1.807, 2.05) is 55.4 Å². The van der Waals surface area contributed by atoms with E-state index in [1.165, 1.54) is 108 Å². The highest BCUT2D eigenvalue weighted by Crippen LogP contribution is 2.27. The first kappa shape index (κ1) is 58.5. The van der Waals surface area contributed by atoms with Crippen molar-refractivity contribution in [2.75, 3.05) is 32.8 Å². The first-order valence-electron chi connectivity index (χ1n) is 25.6. The zero-order valence-corrected chi connectivity index (χ0v) is 42.7. The zero-order valence-electron chi connectivity index (χ0n) is 42.7. The van der Waals surface area contributed by atoms with Crippen LogP contribution in [0.2, 0.25) is 0 Å². The largest absolute Gasteiger partial charge is 0.375 e. The predicted molar refractivity (Wildman–Crippen MR) is 258 cm³/mol. The fraction of sp³-hybridized carbons (Fsp3) is 0.904. The summed E-state index contributed by atoms with van der Waals surface area (Å²) in [7, 11) is 0. The molecule has 0 bridgehead atoms. The lowest BCUT2D eigenvalue weighted by molar-refractivity contribution is -0.140. The summed E-state index contributed by atoms with van der Waals surface area (Å²) in [6, 6.07) is 0.